The zero-order valence-corrected chi connectivity index (χ0v) is 21.2. The second-order valence-electron chi connectivity index (χ2n) is 9.52. The van der Waals surface area contributed by atoms with E-state index in [-0.39, 0.29) is 11.9 Å². The van der Waals surface area contributed by atoms with Gasteiger partial charge in [0.2, 0.25) is 5.91 Å². The van der Waals surface area contributed by atoms with Gasteiger partial charge in [-0.05, 0) is 56.8 Å². The summed E-state index contributed by atoms with van der Waals surface area (Å²) in [4.78, 5) is 29.0. The fourth-order valence-corrected chi connectivity index (χ4v) is 4.61. The molecule has 3 heterocycles. The van der Waals surface area contributed by atoms with Crippen LogP contribution in [0.25, 0.3) is 22.2 Å². The van der Waals surface area contributed by atoms with Crippen LogP contribution < -0.4 is 10.1 Å². The summed E-state index contributed by atoms with van der Waals surface area (Å²) in [5, 5.41) is 4.53. The third kappa shape index (κ3) is 5.98. The molecular formula is C29H32N6O2. The predicted molar refractivity (Wildman–Crippen MR) is 147 cm³/mol. The van der Waals surface area contributed by atoms with E-state index in [9.17, 15) is 4.79 Å². The molecule has 8 heteroatoms. The van der Waals surface area contributed by atoms with Crippen LogP contribution in [0.5, 0.6) is 11.5 Å². The van der Waals surface area contributed by atoms with Crippen molar-refractivity contribution in [3.63, 3.8) is 0 Å². The lowest BCUT2D eigenvalue weighted by atomic mass is 10.0. The van der Waals surface area contributed by atoms with Gasteiger partial charge in [0.05, 0.1) is 5.39 Å². The van der Waals surface area contributed by atoms with Crippen LogP contribution >= 0.6 is 0 Å². The van der Waals surface area contributed by atoms with Crippen molar-refractivity contribution in [2.75, 3.05) is 39.0 Å². The Morgan fingerprint density at radius 1 is 1.16 bits per heavy atom. The average molecular weight is 497 g/mol. The number of aromatic amines is 1. The van der Waals surface area contributed by atoms with E-state index in [1.165, 1.54) is 0 Å². The van der Waals surface area contributed by atoms with Gasteiger partial charge in [-0.15, -0.1) is 0 Å². The van der Waals surface area contributed by atoms with Crippen molar-refractivity contribution in [3.8, 4) is 22.6 Å². The van der Waals surface area contributed by atoms with Crippen molar-refractivity contribution >= 4 is 22.8 Å². The molecule has 0 aliphatic carbocycles. The predicted octanol–water partition coefficient (Wildman–Crippen LogP) is 4.94. The number of likely N-dealkylation sites (N-methyl/N-ethyl adjacent to an activating group) is 1. The number of hydrogen-bond acceptors (Lipinski definition) is 6. The Bertz CT molecular complexity index is 1380. The largest absolute Gasteiger partial charge is 0.457 e. The molecule has 8 nitrogen and oxygen atoms in total. The molecule has 0 spiro atoms. The molecular weight excluding hydrogens is 464 g/mol. The molecule has 0 saturated carbocycles. The summed E-state index contributed by atoms with van der Waals surface area (Å²) in [7, 11) is 3.97. The molecule has 4 aromatic rings. The van der Waals surface area contributed by atoms with E-state index in [2.05, 4.69) is 26.3 Å². The average Bonchev–Trinajstić information content (AvgIpc) is 3.35. The summed E-state index contributed by atoms with van der Waals surface area (Å²) in [6, 6.07) is 17.9. The first kappa shape index (κ1) is 24.5. The topological polar surface area (TPSA) is 86.4 Å². The van der Waals surface area contributed by atoms with E-state index >= 15 is 0 Å². The van der Waals surface area contributed by atoms with Crippen molar-refractivity contribution in [2.24, 2.45) is 0 Å². The van der Waals surface area contributed by atoms with Crippen LogP contribution in [0.2, 0.25) is 0 Å². The first-order chi connectivity index (χ1) is 18.1. The molecule has 0 bridgehead atoms. The minimum absolute atomic E-state index is 0.0544. The van der Waals surface area contributed by atoms with Gasteiger partial charge in [0.25, 0.3) is 0 Å². The molecule has 1 saturated heterocycles. The van der Waals surface area contributed by atoms with Crippen LogP contribution in [0.15, 0.2) is 79.3 Å². The number of nitrogens with zero attached hydrogens (tertiary/aromatic N) is 4. The molecule has 1 atom stereocenters. The highest BCUT2D eigenvalue weighted by atomic mass is 16.5. The van der Waals surface area contributed by atoms with Crippen LogP contribution in [-0.2, 0) is 4.79 Å². The highest BCUT2D eigenvalue weighted by Crippen LogP contribution is 2.35. The number of anilines is 1. The van der Waals surface area contributed by atoms with Crippen molar-refractivity contribution < 1.29 is 9.53 Å². The highest BCUT2D eigenvalue weighted by Gasteiger charge is 2.24. The normalized spacial score (nSPS) is 16.0. The standard InChI is InChI=1S/C29H32N6O2/c1-34(2)15-8-14-26(36)35-16-7-10-22(19-35)33-29-27-25(18-30-28(27)31-20-32-29)21-9-6-13-24(17-21)37-23-11-4-3-5-12-23/h3-6,8-9,11-14,17-18,20,22H,7,10,15-16,19H2,1-2H3,(H2,30,31,32,33)/b14-8+. The summed E-state index contributed by atoms with van der Waals surface area (Å²) < 4.78 is 6.05. The maximum Gasteiger partial charge on any atom is 0.246 e. The first-order valence-electron chi connectivity index (χ1n) is 12.6. The number of rotatable bonds is 8. The van der Waals surface area contributed by atoms with E-state index in [0.717, 1.165) is 65.4 Å². The molecule has 190 valence electrons. The zero-order valence-electron chi connectivity index (χ0n) is 21.2. The molecule has 1 unspecified atom stereocenters. The SMILES string of the molecule is CN(C)C/C=C/C(=O)N1CCCC(Nc2ncnc3[nH]cc(-c4cccc(Oc5ccccc5)c4)c23)C1. The van der Waals surface area contributed by atoms with Crippen LogP contribution in [-0.4, -0.2) is 70.4 Å². The summed E-state index contributed by atoms with van der Waals surface area (Å²) in [6.07, 6.45) is 9.03. The highest BCUT2D eigenvalue weighted by molar-refractivity contribution is 6.01. The number of carbonyl (C=O) groups is 1. The smallest absolute Gasteiger partial charge is 0.246 e. The Balaban J connectivity index is 1.36. The first-order valence-corrected chi connectivity index (χ1v) is 12.6. The van der Waals surface area contributed by atoms with Gasteiger partial charge in [0.15, 0.2) is 0 Å². The molecule has 1 amide bonds. The van der Waals surface area contributed by atoms with Crippen LogP contribution in [0.4, 0.5) is 5.82 Å². The number of fused-ring (bicyclic) bond motifs is 1. The van der Waals surface area contributed by atoms with Gasteiger partial charge >= 0.3 is 0 Å². The van der Waals surface area contributed by atoms with Gasteiger partial charge in [-0.1, -0.05) is 36.4 Å². The number of nitrogens with one attached hydrogen (secondary N) is 2. The molecule has 1 aliphatic heterocycles. The number of H-pyrrole nitrogens is 1. The van der Waals surface area contributed by atoms with Crippen molar-refractivity contribution in [3.05, 3.63) is 79.3 Å². The summed E-state index contributed by atoms with van der Waals surface area (Å²) in [5.41, 5.74) is 2.76. The van der Waals surface area contributed by atoms with E-state index in [1.54, 1.807) is 12.4 Å². The van der Waals surface area contributed by atoms with Crippen LogP contribution in [0, 0.1) is 0 Å². The van der Waals surface area contributed by atoms with Crippen molar-refractivity contribution in [2.45, 2.75) is 18.9 Å². The minimum atomic E-state index is 0.0544. The van der Waals surface area contributed by atoms with Gasteiger partial charge in [0.1, 0.15) is 29.3 Å². The number of ether oxygens (including phenoxy) is 1. The maximum absolute atomic E-state index is 12.7. The fourth-order valence-electron chi connectivity index (χ4n) is 4.61. The number of aromatic nitrogens is 3. The van der Waals surface area contributed by atoms with Gasteiger partial charge in [-0.2, -0.15) is 0 Å². The molecule has 2 aromatic heterocycles. The summed E-state index contributed by atoms with van der Waals surface area (Å²) in [5.74, 6) is 2.36. The monoisotopic (exact) mass is 496 g/mol. The fraction of sp³-hybridized carbons (Fsp3) is 0.276. The molecule has 2 N–H and O–H groups in total. The number of carbonyl (C=O) groups excluding carboxylic acids is 1. The summed E-state index contributed by atoms with van der Waals surface area (Å²) in [6.45, 7) is 2.15. The molecule has 37 heavy (non-hydrogen) atoms. The molecule has 2 aromatic carbocycles. The van der Waals surface area contributed by atoms with E-state index in [0.29, 0.717) is 6.54 Å². The van der Waals surface area contributed by atoms with E-state index in [1.807, 2.05) is 84.7 Å². The molecule has 1 fully saturated rings. The Morgan fingerprint density at radius 3 is 2.84 bits per heavy atom. The lowest BCUT2D eigenvalue weighted by Gasteiger charge is -2.33. The lowest BCUT2D eigenvalue weighted by molar-refractivity contribution is -0.127. The van der Waals surface area contributed by atoms with Crippen molar-refractivity contribution in [1.29, 1.82) is 0 Å². The lowest BCUT2D eigenvalue weighted by Crippen LogP contribution is -2.44. The zero-order chi connectivity index (χ0) is 25.6. The van der Waals surface area contributed by atoms with Gasteiger partial charge in [-0.25, -0.2) is 9.97 Å². The van der Waals surface area contributed by atoms with Gasteiger partial charge < -0.3 is 24.8 Å². The number of piperidine rings is 1. The Morgan fingerprint density at radius 2 is 2.00 bits per heavy atom. The number of likely N-dealkylation sites (tertiary alicyclic amines) is 1. The number of para-hydroxylation sites is 1. The Labute approximate surface area is 217 Å². The van der Waals surface area contributed by atoms with E-state index < -0.39 is 0 Å². The number of hydrogen-bond donors (Lipinski definition) is 2. The van der Waals surface area contributed by atoms with Gasteiger partial charge in [0, 0.05) is 43.5 Å². The Kier molecular flexibility index (Phi) is 7.46. The molecule has 1 aliphatic rings. The summed E-state index contributed by atoms with van der Waals surface area (Å²) >= 11 is 0. The van der Waals surface area contributed by atoms with Gasteiger partial charge in [-0.3, -0.25) is 4.79 Å². The number of benzene rings is 2. The third-order valence-corrected chi connectivity index (χ3v) is 6.40. The number of amides is 1. The molecule has 5 rings (SSSR count). The third-order valence-electron chi connectivity index (χ3n) is 6.40. The van der Waals surface area contributed by atoms with Crippen molar-refractivity contribution in [1.82, 2.24) is 24.8 Å². The van der Waals surface area contributed by atoms with E-state index in [4.69, 9.17) is 4.74 Å². The Hall–Kier alpha value is -4.17. The van der Waals surface area contributed by atoms with Crippen LogP contribution in [0.1, 0.15) is 12.8 Å². The quantitative estimate of drug-likeness (QED) is 0.336. The minimum Gasteiger partial charge on any atom is -0.457 e. The second kappa shape index (κ2) is 11.3. The second-order valence-corrected chi connectivity index (χ2v) is 9.52. The van der Waals surface area contributed by atoms with Crippen LogP contribution in [0.3, 0.4) is 0 Å². The maximum atomic E-state index is 12.7. The molecule has 0 radical (unpaired) electrons.